The topological polar surface area (TPSA) is 66.5 Å². The van der Waals surface area contributed by atoms with Crippen molar-refractivity contribution in [3.05, 3.63) is 0 Å². The highest BCUT2D eigenvalue weighted by molar-refractivity contribution is 7.88. The second-order valence-electron chi connectivity index (χ2n) is 6.75. The summed E-state index contributed by atoms with van der Waals surface area (Å²) in [5, 5.41) is 3.19. The Kier molecular flexibility index (Phi) is 3.79. The normalized spacial score (nSPS) is 38.0. The van der Waals surface area contributed by atoms with Crippen molar-refractivity contribution in [2.24, 2.45) is 17.8 Å². The van der Waals surface area contributed by atoms with E-state index in [4.69, 9.17) is 0 Å². The number of piperidine rings is 1. The number of nitrogens with one attached hydrogen (secondary N) is 1. The minimum Gasteiger partial charge on any atom is -0.353 e. The van der Waals surface area contributed by atoms with Crippen LogP contribution in [0.3, 0.4) is 0 Å². The van der Waals surface area contributed by atoms with E-state index in [1.54, 1.807) is 0 Å². The van der Waals surface area contributed by atoms with Crippen molar-refractivity contribution in [1.82, 2.24) is 9.62 Å². The van der Waals surface area contributed by atoms with Crippen LogP contribution in [-0.4, -0.2) is 44.0 Å². The van der Waals surface area contributed by atoms with Crippen LogP contribution in [0.4, 0.5) is 0 Å². The average molecular weight is 300 g/mol. The maximum Gasteiger partial charge on any atom is 0.224 e. The molecular weight excluding hydrogens is 276 g/mol. The molecule has 0 unspecified atom stereocenters. The third-order valence-electron chi connectivity index (χ3n) is 5.29. The highest BCUT2D eigenvalue weighted by atomic mass is 32.2. The highest BCUT2D eigenvalue weighted by Gasteiger charge is 2.41. The van der Waals surface area contributed by atoms with E-state index in [1.807, 2.05) is 0 Å². The Morgan fingerprint density at radius 2 is 2.00 bits per heavy atom. The number of carbonyl (C=O) groups excluding carboxylic acids is 1. The molecule has 5 nitrogen and oxygen atoms in total. The summed E-state index contributed by atoms with van der Waals surface area (Å²) in [6.45, 7) is 0.905. The minimum atomic E-state index is -3.17. The van der Waals surface area contributed by atoms with E-state index in [-0.39, 0.29) is 11.8 Å². The van der Waals surface area contributed by atoms with Crippen molar-refractivity contribution in [3.63, 3.8) is 0 Å². The van der Waals surface area contributed by atoms with Crippen molar-refractivity contribution in [1.29, 1.82) is 0 Å². The van der Waals surface area contributed by atoms with Gasteiger partial charge in [0.1, 0.15) is 0 Å². The first kappa shape index (κ1) is 14.3. The van der Waals surface area contributed by atoms with E-state index in [2.05, 4.69) is 5.32 Å². The monoisotopic (exact) mass is 300 g/mol. The molecule has 20 heavy (non-hydrogen) atoms. The molecule has 0 spiro atoms. The van der Waals surface area contributed by atoms with Crippen molar-refractivity contribution in [2.45, 2.75) is 44.6 Å². The molecule has 0 aromatic carbocycles. The Morgan fingerprint density at radius 3 is 2.60 bits per heavy atom. The number of fused-ring (bicyclic) bond motifs is 2. The zero-order chi connectivity index (χ0) is 14.3. The molecule has 1 saturated heterocycles. The van der Waals surface area contributed by atoms with Gasteiger partial charge in [-0.05, 0) is 43.9 Å². The molecule has 114 valence electrons. The van der Waals surface area contributed by atoms with Gasteiger partial charge in [-0.3, -0.25) is 4.79 Å². The molecule has 0 radical (unpaired) electrons. The maximum absolute atomic E-state index is 12.4. The maximum atomic E-state index is 12.4. The van der Waals surface area contributed by atoms with Crippen LogP contribution in [0.1, 0.15) is 38.5 Å². The third-order valence-corrected chi connectivity index (χ3v) is 6.56. The first-order chi connectivity index (χ1) is 9.43. The quantitative estimate of drug-likeness (QED) is 0.844. The number of hydrogen-bond acceptors (Lipinski definition) is 3. The second-order valence-corrected chi connectivity index (χ2v) is 8.73. The van der Waals surface area contributed by atoms with Crippen LogP contribution in [0.25, 0.3) is 0 Å². The van der Waals surface area contributed by atoms with Crippen molar-refractivity contribution in [3.8, 4) is 0 Å². The number of rotatable bonds is 3. The summed E-state index contributed by atoms with van der Waals surface area (Å²) in [5.41, 5.74) is 0. The largest absolute Gasteiger partial charge is 0.353 e. The molecule has 4 atom stereocenters. The first-order valence-corrected chi connectivity index (χ1v) is 9.54. The first-order valence-electron chi connectivity index (χ1n) is 7.69. The lowest BCUT2D eigenvalue weighted by atomic mass is 9.93. The van der Waals surface area contributed by atoms with Gasteiger partial charge in [0.2, 0.25) is 15.9 Å². The van der Waals surface area contributed by atoms with Gasteiger partial charge in [0.25, 0.3) is 0 Å². The molecule has 0 aromatic heterocycles. The fraction of sp³-hybridized carbons (Fsp3) is 0.929. The smallest absolute Gasteiger partial charge is 0.224 e. The molecule has 1 aliphatic heterocycles. The van der Waals surface area contributed by atoms with Gasteiger partial charge >= 0.3 is 0 Å². The molecule has 0 aromatic rings. The summed E-state index contributed by atoms with van der Waals surface area (Å²) < 4.78 is 24.6. The fourth-order valence-corrected chi connectivity index (χ4v) is 5.09. The lowest BCUT2D eigenvalue weighted by molar-refractivity contribution is -0.127. The SMILES string of the molecule is CS(=O)(=O)N1CCC[C@H](C(=O)N[C@@H]2C[C@H]3CC[C@H]2C3)C1. The predicted molar refractivity (Wildman–Crippen MR) is 76.5 cm³/mol. The van der Waals surface area contributed by atoms with Crippen LogP contribution in [0.5, 0.6) is 0 Å². The Balaban J connectivity index is 1.57. The van der Waals surface area contributed by atoms with Gasteiger partial charge in [0, 0.05) is 19.1 Å². The number of amides is 1. The summed E-state index contributed by atoms with van der Waals surface area (Å²) in [5.74, 6) is 1.37. The lowest BCUT2D eigenvalue weighted by Crippen LogP contribution is -2.48. The number of nitrogens with zero attached hydrogens (tertiary/aromatic N) is 1. The molecule has 1 N–H and O–H groups in total. The van der Waals surface area contributed by atoms with Gasteiger partial charge in [0.05, 0.1) is 12.2 Å². The summed E-state index contributed by atoms with van der Waals surface area (Å²) >= 11 is 0. The zero-order valence-corrected chi connectivity index (χ0v) is 12.9. The van der Waals surface area contributed by atoms with Crippen LogP contribution >= 0.6 is 0 Å². The lowest BCUT2D eigenvalue weighted by Gasteiger charge is -2.32. The fourth-order valence-electron chi connectivity index (χ4n) is 4.18. The van der Waals surface area contributed by atoms with Crippen LogP contribution in [-0.2, 0) is 14.8 Å². The van der Waals surface area contributed by atoms with Crippen LogP contribution in [0.15, 0.2) is 0 Å². The predicted octanol–water partition coefficient (Wildman–Crippen LogP) is 0.963. The van der Waals surface area contributed by atoms with Gasteiger partial charge in [-0.15, -0.1) is 0 Å². The number of sulfonamides is 1. The second kappa shape index (κ2) is 5.30. The number of hydrogen-bond donors (Lipinski definition) is 1. The molecule has 3 fully saturated rings. The zero-order valence-electron chi connectivity index (χ0n) is 12.0. The van der Waals surface area contributed by atoms with E-state index >= 15 is 0 Å². The summed E-state index contributed by atoms with van der Waals surface area (Å²) in [6, 6.07) is 0.342. The van der Waals surface area contributed by atoms with Crippen molar-refractivity contribution < 1.29 is 13.2 Å². The van der Waals surface area contributed by atoms with E-state index < -0.39 is 10.0 Å². The van der Waals surface area contributed by atoms with Crippen molar-refractivity contribution in [2.75, 3.05) is 19.3 Å². The van der Waals surface area contributed by atoms with Gasteiger partial charge in [-0.25, -0.2) is 12.7 Å². The standard InChI is InChI=1S/C14H24N2O3S/c1-20(18,19)16-6-2-3-12(9-16)14(17)15-13-8-10-4-5-11(13)7-10/h10-13H,2-9H2,1H3,(H,15,17)/t10-,11-,12-,13+/m0/s1. The minimum absolute atomic E-state index is 0.0656. The molecule has 2 aliphatic carbocycles. The van der Waals surface area contributed by atoms with Crippen LogP contribution < -0.4 is 5.32 Å². The van der Waals surface area contributed by atoms with Gasteiger partial charge in [-0.1, -0.05) is 6.42 Å². The molecule has 2 bridgehead atoms. The molecule has 2 saturated carbocycles. The van der Waals surface area contributed by atoms with E-state index in [9.17, 15) is 13.2 Å². The average Bonchev–Trinajstić information content (AvgIpc) is 3.00. The van der Waals surface area contributed by atoms with Gasteiger partial charge in [0.15, 0.2) is 0 Å². The highest BCUT2D eigenvalue weighted by Crippen LogP contribution is 2.44. The Bertz CT molecular complexity index is 491. The molecule has 3 aliphatic rings. The third kappa shape index (κ3) is 2.86. The van der Waals surface area contributed by atoms with E-state index in [0.29, 0.717) is 25.0 Å². The summed E-state index contributed by atoms with van der Waals surface area (Å²) in [7, 11) is -3.17. The Labute approximate surface area is 121 Å². The number of carbonyl (C=O) groups is 1. The molecule has 1 amide bonds. The van der Waals surface area contributed by atoms with Crippen LogP contribution in [0.2, 0.25) is 0 Å². The van der Waals surface area contributed by atoms with E-state index in [1.165, 1.54) is 29.8 Å². The summed E-state index contributed by atoms with van der Waals surface area (Å²) in [4.78, 5) is 12.4. The van der Waals surface area contributed by atoms with Gasteiger partial charge < -0.3 is 5.32 Å². The Hall–Kier alpha value is -0.620. The van der Waals surface area contributed by atoms with Crippen LogP contribution in [0, 0.1) is 17.8 Å². The van der Waals surface area contributed by atoms with Crippen molar-refractivity contribution >= 4 is 15.9 Å². The Morgan fingerprint density at radius 1 is 1.20 bits per heavy atom. The van der Waals surface area contributed by atoms with Gasteiger partial charge in [-0.2, -0.15) is 0 Å². The molecule has 3 rings (SSSR count). The summed E-state index contributed by atoms with van der Waals surface area (Å²) in [6.07, 6.45) is 7.77. The van der Waals surface area contributed by atoms with E-state index in [0.717, 1.165) is 25.2 Å². The molecule has 6 heteroatoms. The molecular formula is C14H24N2O3S. The molecule has 1 heterocycles.